The second-order valence-corrected chi connectivity index (χ2v) is 4.34. The van der Waals surface area contributed by atoms with Crippen molar-refractivity contribution in [1.82, 2.24) is 14.5 Å². The van der Waals surface area contributed by atoms with Crippen LogP contribution in [0.1, 0.15) is 5.56 Å². The normalized spacial score (nSPS) is 12.1. The lowest BCUT2D eigenvalue weighted by Crippen LogP contribution is -2.12. The van der Waals surface area contributed by atoms with Gasteiger partial charge in [-0.1, -0.05) is 12.1 Å². The molecule has 0 unspecified atom stereocenters. The summed E-state index contributed by atoms with van der Waals surface area (Å²) in [5.74, 6) is 0.274. The van der Waals surface area contributed by atoms with Crippen LogP contribution in [0.15, 0.2) is 49.1 Å². The molecule has 0 fully saturated rings. The molecule has 2 aromatic rings. The molecule has 0 bridgehead atoms. The Hall–Kier alpha value is -2.07. The summed E-state index contributed by atoms with van der Waals surface area (Å²) in [5, 5.41) is 9.96. The second kappa shape index (κ2) is 5.51. The molecular formula is C14H17N3O. The fourth-order valence-corrected chi connectivity index (χ4v) is 1.72. The van der Waals surface area contributed by atoms with Gasteiger partial charge in [-0.2, -0.15) is 0 Å². The average molecular weight is 243 g/mol. The zero-order valence-electron chi connectivity index (χ0n) is 10.6. The quantitative estimate of drug-likeness (QED) is 0.893. The molecule has 1 N–H and O–H groups in total. The molecule has 18 heavy (non-hydrogen) atoms. The Labute approximate surface area is 107 Å². The standard InChI is InChI=1S/C14H17N3O/c1-16(2)9-7-13(17-10-8-15-11-17)12-5-3-4-6-14(12)18/h3-8,10-11,18H,9H2,1-2H3/b13-7+. The van der Waals surface area contributed by atoms with Crippen LogP contribution in [0, 0.1) is 0 Å². The minimum Gasteiger partial charge on any atom is -0.507 e. The summed E-state index contributed by atoms with van der Waals surface area (Å²) in [6, 6.07) is 7.32. The number of aromatic nitrogens is 2. The molecular weight excluding hydrogens is 226 g/mol. The topological polar surface area (TPSA) is 41.3 Å². The van der Waals surface area contributed by atoms with Crippen molar-refractivity contribution in [3.05, 3.63) is 54.6 Å². The third-order valence-electron chi connectivity index (χ3n) is 2.61. The Balaban J connectivity index is 2.43. The summed E-state index contributed by atoms with van der Waals surface area (Å²) in [6.45, 7) is 0.793. The maximum Gasteiger partial charge on any atom is 0.124 e. The maximum atomic E-state index is 9.96. The van der Waals surface area contributed by atoms with Crippen LogP contribution in [0.3, 0.4) is 0 Å². The molecule has 4 nitrogen and oxygen atoms in total. The van der Waals surface area contributed by atoms with E-state index in [-0.39, 0.29) is 5.75 Å². The Morgan fingerprint density at radius 3 is 2.78 bits per heavy atom. The minimum atomic E-state index is 0.274. The second-order valence-electron chi connectivity index (χ2n) is 4.34. The first-order valence-electron chi connectivity index (χ1n) is 5.80. The Morgan fingerprint density at radius 1 is 1.39 bits per heavy atom. The van der Waals surface area contributed by atoms with E-state index in [1.807, 2.05) is 43.1 Å². The van der Waals surface area contributed by atoms with Crippen LogP contribution < -0.4 is 0 Å². The van der Waals surface area contributed by atoms with Gasteiger partial charge < -0.3 is 14.6 Å². The zero-order valence-corrected chi connectivity index (χ0v) is 10.6. The number of para-hydroxylation sites is 1. The van der Waals surface area contributed by atoms with Crippen molar-refractivity contribution in [2.75, 3.05) is 20.6 Å². The van der Waals surface area contributed by atoms with Crippen molar-refractivity contribution in [1.29, 1.82) is 0 Å². The van der Waals surface area contributed by atoms with Gasteiger partial charge in [0.05, 0.1) is 12.0 Å². The molecule has 0 aliphatic heterocycles. The molecule has 0 saturated heterocycles. The van der Waals surface area contributed by atoms with Gasteiger partial charge in [0.25, 0.3) is 0 Å². The summed E-state index contributed by atoms with van der Waals surface area (Å²) in [7, 11) is 4.01. The summed E-state index contributed by atoms with van der Waals surface area (Å²) < 4.78 is 1.90. The third-order valence-corrected chi connectivity index (χ3v) is 2.61. The van der Waals surface area contributed by atoms with E-state index in [0.717, 1.165) is 17.8 Å². The fraction of sp³-hybridized carbons (Fsp3) is 0.214. The minimum absolute atomic E-state index is 0.274. The number of phenolic OH excluding ortho intramolecular Hbond substituents is 1. The molecule has 0 saturated carbocycles. The number of likely N-dealkylation sites (N-methyl/N-ethyl adjacent to an activating group) is 1. The van der Waals surface area contributed by atoms with Gasteiger partial charge in [-0.3, -0.25) is 0 Å². The molecule has 0 radical (unpaired) electrons. The number of nitrogens with zero attached hydrogens (tertiary/aromatic N) is 3. The molecule has 94 valence electrons. The lowest BCUT2D eigenvalue weighted by molar-refractivity contribution is 0.456. The molecule has 0 atom stereocenters. The predicted octanol–water partition coefficient (Wildman–Crippen LogP) is 2.04. The van der Waals surface area contributed by atoms with Crippen molar-refractivity contribution < 1.29 is 5.11 Å². The van der Waals surface area contributed by atoms with Crippen LogP contribution in [-0.4, -0.2) is 40.2 Å². The largest absolute Gasteiger partial charge is 0.507 e. The van der Waals surface area contributed by atoms with Crippen molar-refractivity contribution in [2.24, 2.45) is 0 Å². The lowest BCUT2D eigenvalue weighted by Gasteiger charge is -2.13. The number of benzene rings is 1. The van der Waals surface area contributed by atoms with Gasteiger partial charge in [-0.25, -0.2) is 4.98 Å². The summed E-state index contributed by atoms with van der Waals surface area (Å²) >= 11 is 0. The highest BCUT2D eigenvalue weighted by atomic mass is 16.3. The molecule has 0 aliphatic rings. The van der Waals surface area contributed by atoms with Gasteiger partial charge in [0.1, 0.15) is 5.75 Å². The Kier molecular flexibility index (Phi) is 3.79. The summed E-state index contributed by atoms with van der Waals surface area (Å²) in [5.41, 5.74) is 1.73. The van der Waals surface area contributed by atoms with E-state index in [1.54, 1.807) is 18.6 Å². The van der Waals surface area contributed by atoms with Gasteiger partial charge in [-0.15, -0.1) is 0 Å². The Morgan fingerprint density at radius 2 is 2.17 bits per heavy atom. The number of aromatic hydroxyl groups is 1. The van der Waals surface area contributed by atoms with Crippen LogP contribution in [-0.2, 0) is 0 Å². The highest BCUT2D eigenvalue weighted by Crippen LogP contribution is 2.25. The molecule has 1 aromatic carbocycles. The van der Waals surface area contributed by atoms with E-state index in [0.29, 0.717) is 0 Å². The fourth-order valence-electron chi connectivity index (χ4n) is 1.72. The van der Waals surface area contributed by atoms with Gasteiger partial charge in [0.15, 0.2) is 0 Å². The first kappa shape index (κ1) is 12.4. The SMILES string of the molecule is CN(C)C/C=C(\c1ccccc1O)n1ccnc1. The van der Waals surface area contributed by atoms with E-state index in [2.05, 4.69) is 16.0 Å². The van der Waals surface area contributed by atoms with E-state index in [1.165, 1.54) is 0 Å². The van der Waals surface area contributed by atoms with E-state index in [9.17, 15) is 5.11 Å². The van der Waals surface area contributed by atoms with E-state index >= 15 is 0 Å². The number of imidazole rings is 1. The number of hydrogen-bond acceptors (Lipinski definition) is 3. The smallest absolute Gasteiger partial charge is 0.124 e. The molecule has 0 spiro atoms. The van der Waals surface area contributed by atoms with Crippen molar-refractivity contribution in [3.8, 4) is 5.75 Å². The van der Waals surface area contributed by atoms with E-state index in [4.69, 9.17) is 0 Å². The summed E-state index contributed by atoms with van der Waals surface area (Å²) in [6.07, 6.45) is 7.39. The monoisotopic (exact) mass is 243 g/mol. The molecule has 1 heterocycles. The molecule has 0 amide bonds. The average Bonchev–Trinajstić information content (AvgIpc) is 2.85. The Bertz CT molecular complexity index is 530. The van der Waals surface area contributed by atoms with Crippen molar-refractivity contribution in [3.63, 3.8) is 0 Å². The van der Waals surface area contributed by atoms with Crippen LogP contribution in [0.2, 0.25) is 0 Å². The first-order valence-corrected chi connectivity index (χ1v) is 5.80. The maximum absolute atomic E-state index is 9.96. The lowest BCUT2D eigenvalue weighted by atomic mass is 10.1. The molecule has 2 rings (SSSR count). The van der Waals surface area contributed by atoms with Crippen LogP contribution in [0.25, 0.3) is 5.70 Å². The van der Waals surface area contributed by atoms with Gasteiger partial charge in [0, 0.05) is 24.5 Å². The van der Waals surface area contributed by atoms with Crippen LogP contribution in [0.5, 0.6) is 5.75 Å². The highest BCUT2D eigenvalue weighted by Gasteiger charge is 2.08. The zero-order chi connectivity index (χ0) is 13.0. The highest BCUT2D eigenvalue weighted by molar-refractivity contribution is 5.70. The van der Waals surface area contributed by atoms with Crippen molar-refractivity contribution in [2.45, 2.75) is 0 Å². The van der Waals surface area contributed by atoms with Crippen molar-refractivity contribution >= 4 is 5.70 Å². The van der Waals surface area contributed by atoms with E-state index < -0.39 is 0 Å². The van der Waals surface area contributed by atoms with Gasteiger partial charge in [-0.05, 0) is 32.3 Å². The molecule has 1 aromatic heterocycles. The number of hydrogen-bond donors (Lipinski definition) is 1. The third kappa shape index (κ3) is 2.78. The number of phenols is 1. The molecule has 4 heteroatoms. The number of rotatable bonds is 4. The van der Waals surface area contributed by atoms with Crippen LogP contribution in [0.4, 0.5) is 0 Å². The summed E-state index contributed by atoms with van der Waals surface area (Å²) in [4.78, 5) is 6.12. The van der Waals surface area contributed by atoms with Gasteiger partial charge in [0.2, 0.25) is 0 Å². The van der Waals surface area contributed by atoms with Gasteiger partial charge >= 0.3 is 0 Å². The van der Waals surface area contributed by atoms with Crippen LogP contribution >= 0.6 is 0 Å². The predicted molar refractivity (Wildman–Crippen MR) is 72.3 cm³/mol. The first-order chi connectivity index (χ1) is 8.68. The molecule has 0 aliphatic carbocycles.